The molecule has 0 radical (unpaired) electrons. The van der Waals surface area contributed by atoms with Crippen LogP contribution in [-0.2, 0) is 28.2 Å². The number of carbonyl (C=O) groups is 2. The number of unbranched alkanes of at least 4 members (excludes halogenated alkanes) is 7. The summed E-state index contributed by atoms with van der Waals surface area (Å²) in [4.78, 5) is 41.2. The van der Waals surface area contributed by atoms with Crippen LogP contribution >= 0.6 is 7.82 Å². The van der Waals surface area contributed by atoms with Gasteiger partial charge in [-0.3, -0.25) is 14.1 Å². The maximum absolute atomic E-state index is 11.9. The molecule has 0 aliphatic heterocycles. The summed E-state index contributed by atoms with van der Waals surface area (Å²) < 4.78 is 25.5. The van der Waals surface area contributed by atoms with Gasteiger partial charge in [-0.05, 0) is 12.8 Å². The number of phosphoric ester groups is 1. The van der Waals surface area contributed by atoms with Gasteiger partial charge in [-0.2, -0.15) is 0 Å². The third-order valence-corrected chi connectivity index (χ3v) is 4.36. The van der Waals surface area contributed by atoms with Gasteiger partial charge in [-0.25, -0.2) is 4.57 Å². The van der Waals surface area contributed by atoms with Gasteiger partial charge in [0.25, 0.3) is 0 Å². The first-order valence-electron chi connectivity index (χ1n) is 9.83. The van der Waals surface area contributed by atoms with Crippen molar-refractivity contribution >= 4 is 19.8 Å². The molecule has 9 heteroatoms. The zero-order valence-corrected chi connectivity index (χ0v) is 17.5. The van der Waals surface area contributed by atoms with Crippen LogP contribution in [0.1, 0.15) is 84.5 Å². The van der Waals surface area contributed by atoms with Crippen molar-refractivity contribution in [3.8, 4) is 0 Å². The summed E-state index contributed by atoms with van der Waals surface area (Å²) in [6.45, 7) is 3.36. The zero-order chi connectivity index (χ0) is 20.5. The molecule has 0 aliphatic carbocycles. The molecule has 0 saturated heterocycles. The monoisotopic (exact) mass is 410 g/mol. The fourth-order valence-electron chi connectivity index (χ4n) is 2.37. The summed E-state index contributed by atoms with van der Waals surface area (Å²) in [6.07, 6.45) is 8.05. The van der Waals surface area contributed by atoms with Crippen LogP contribution in [0.2, 0.25) is 0 Å². The lowest BCUT2D eigenvalue weighted by Crippen LogP contribution is -2.29. The second-order valence-corrected chi connectivity index (χ2v) is 7.80. The fraction of sp³-hybridized carbons (Fsp3) is 0.889. The minimum Gasteiger partial charge on any atom is -0.462 e. The number of hydrogen-bond donors (Lipinski definition) is 2. The highest BCUT2D eigenvalue weighted by Crippen LogP contribution is 2.35. The van der Waals surface area contributed by atoms with Crippen LogP contribution in [0.25, 0.3) is 0 Å². The Hall–Kier alpha value is -0.950. The molecule has 27 heavy (non-hydrogen) atoms. The molecule has 8 nitrogen and oxygen atoms in total. The van der Waals surface area contributed by atoms with Crippen LogP contribution in [0.4, 0.5) is 0 Å². The van der Waals surface area contributed by atoms with Crippen molar-refractivity contribution in [3.63, 3.8) is 0 Å². The Kier molecular flexibility index (Phi) is 15.5. The second kappa shape index (κ2) is 16.0. The van der Waals surface area contributed by atoms with Crippen molar-refractivity contribution in [2.24, 2.45) is 0 Å². The molecule has 0 aliphatic rings. The number of phosphoric acid groups is 1. The molecule has 0 aromatic heterocycles. The van der Waals surface area contributed by atoms with Crippen LogP contribution in [0.5, 0.6) is 0 Å². The molecular formula is C18H35O8P. The summed E-state index contributed by atoms with van der Waals surface area (Å²) in [5.74, 6) is -0.923. The third-order valence-electron chi connectivity index (χ3n) is 3.88. The molecular weight excluding hydrogens is 375 g/mol. The Balaban J connectivity index is 4.28. The molecule has 0 unspecified atom stereocenters. The van der Waals surface area contributed by atoms with E-state index in [9.17, 15) is 14.2 Å². The minimum atomic E-state index is -4.70. The van der Waals surface area contributed by atoms with Gasteiger partial charge in [0.05, 0.1) is 6.61 Å². The van der Waals surface area contributed by atoms with E-state index in [4.69, 9.17) is 19.3 Å². The highest BCUT2D eigenvalue weighted by Gasteiger charge is 2.22. The largest absolute Gasteiger partial charge is 0.469 e. The van der Waals surface area contributed by atoms with E-state index in [1.165, 1.54) is 0 Å². The SMILES string of the molecule is CCCCCCCC(=O)O[C@@H](COC(=O)CCCCCC)COP(=O)(O)O. The van der Waals surface area contributed by atoms with E-state index < -0.39 is 32.5 Å². The summed E-state index contributed by atoms with van der Waals surface area (Å²) in [5.41, 5.74) is 0. The Bertz CT molecular complexity index is 449. The topological polar surface area (TPSA) is 119 Å². The molecule has 0 aromatic rings. The van der Waals surface area contributed by atoms with Gasteiger partial charge in [0.2, 0.25) is 0 Å². The lowest BCUT2D eigenvalue weighted by atomic mass is 10.1. The highest BCUT2D eigenvalue weighted by molar-refractivity contribution is 7.46. The van der Waals surface area contributed by atoms with E-state index >= 15 is 0 Å². The molecule has 2 N–H and O–H groups in total. The average Bonchev–Trinajstić information content (AvgIpc) is 2.60. The number of ether oxygens (including phenoxy) is 2. The van der Waals surface area contributed by atoms with Gasteiger partial charge in [0.15, 0.2) is 6.10 Å². The summed E-state index contributed by atoms with van der Waals surface area (Å²) >= 11 is 0. The summed E-state index contributed by atoms with van der Waals surface area (Å²) in [6, 6.07) is 0. The predicted octanol–water partition coefficient (Wildman–Crippen LogP) is 3.88. The Morgan fingerprint density at radius 3 is 1.89 bits per heavy atom. The molecule has 0 saturated carbocycles. The van der Waals surface area contributed by atoms with Crippen molar-refractivity contribution < 1.29 is 37.9 Å². The number of hydrogen-bond acceptors (Lipinski definition) is 6. The number of carbonyl (C=O) groups excluding carboxylic acids is 2. The maximum atomic E-state index is 11.9. The van der Waals surface area contributed by atoms with Crippen molar-refractivity contribution in [2.75, 3.05) is 13.2 Å². The first kappa shape index (κ1) is 26.1. The molecule has 0 fully saturated rings. The Morgan fingerprint density at radius 2 is 1.33 bits per heavy atom. The van der Waals surface area contributed by atoms with Gasteiger partial charge >= 0.3 is 19.8 Å². The third kappa shape index (κ3) is 18.2. The van der Waals surface area contributed by atoms with Crippen molar-refractivity contribution in [1.29, 1.82) is 0 Å². The van der Waals surface area contributed by atoms with Crippen LogP contribution in [0.15, 0.2) is 0 Å². The van der Waals surface area contributed by atoms with Crippen molar-refractivity contribution in [2.45, 2.75) is 90.6 Å². The lowest BCUT2D eigenvalue weighted by Gasteiger charge is -2.18. The first-order valence-corrected chi connectivity index (χ1v) is 11.4. The quantitative estimate of drug-likeness (QED) is 0.211. The standard InChI is InChI=1S/C18H35O8P/c1-3-5-7-9-11-13-18(20)26-16(15-25-27(21,22)23)14-24-17(19)12-10-8-6-4-2/h16H,3-15H2,1-2H3,(H2,21,22,23)/t16-/m0/s1. The van der Waals surface area contributed by atoms with E-state index in [1.807, 2.05) is 0 Å². The van der Waals surface area contributed by atoms with Crippen LogP contribution < -0.4 is 0 Å². The van der Waals surface area contributed by atoms with E-state index in [2.05, 4.69) is 18.4 Å². The summed E-state index contributed by atoms with van der Waals surface area (Å²) in [5, 5.41) is 0. The summed E-state index contributed by atoms with van der Waals surface area (Å²) in [7, 11) is -4.70. The maximum Gasteiger partial charge on any atom is 0.469 e. The molecule has 0 aromatic carbocycles. The molecule has 1 atom stereocenters. The van der Waals surface area contributed by atoms with Crippen molar-refractivity contribution in [3.05, 3.63) is 0 Å². The van der Waals surface area contributed by atoms with Gasteiger partial charge in [0, 0.05) is 12.8 Å². The lowest BCUT2D eigenvalue weighted by molar-refractivity contribution is -0.161. The van der Waals surface area contributed by atoms with E-state index in [1.54, 1.807) is 0 Å². The second-order valence-electron chi connectivity index (χ2n) is 6.56. The molecule has 0 bridgehead atoms. The number of rotatable bonds is 17. The van der Waals surface area contributed by atoms with Crippen LogP contribution in [0, 0.1) is 0 Å². The molecule has 0 heterocycles. The molecule has 0 spiro atoms. The van der Waals surface area contributed by atoms with Gasteiger partial charge in [0.1, 0.15) is 6.61 Å². The van der Waals surface area contributed by atoms with E-state index in [0.29, 0.717) is 12.8 Å². The van der Waals surface area contributed by atoms with Crippen LogP contribution in [-0.4, -0.2) is 41.0 Å². The zero-order valence-electron chi connectivity index (χ0n) is 16.6. The Labute approximate surface area is 162 Å². The van der Waals surface area contributed by atoms with E-state index in [0.717, 1.165) is 44.9 Å². The Morgan fingerprint density at radius 1 is 0.815 bits per heavy atom. The van der Waals surface area contributed by atoms with Gasteiger partial charge in [-0.1, -0.05) is 58.8 Å². The van der Waals surface area contributed by atoms with Gasteiger partial charge in [-0.15, -0.1) is 0 Å². The van der Waals surface area contributed by atoms with Crippen LogP contribution in [0.3, 0.4) is 0 Å². The molecule has 0 rings (SSSR count). The van der Waals surface area contributed by atoms with Crippen molar-refractivity contribution in [1.82, 2.24) is 0 Å². The fourth-order valence-corrected chi connectivity index (χ4v) is 2.73. The minimum absolute atomic E-state index is 0.209. The van der Waals surface area contributed by atoms with Gasteiger partial charge < -0.3 is 19.3 Å². The smallest absolute Gasteiger partial charge is 0.462 e. The van der Waals surface area contributed by atoms with E-state index in [-0.39, 0.29) is 19.4 Å². The predicted molar refractivity (Wildman–Crippen MR) is 101 cm³/mol. The highest BCUT2D eigenvalue weighted by atomic mass is 31.2. The number of esters is 2. The molecule has 160 valence electrons. The first-order chi connectivity index (χ1) is 12.8. The normalized spacial score (nSPS) is 12.6. The average molecular weight is 410 g/mol. The molecule has 0 amide bonds.